The van der Waals surface area contributed by atoms with Crippen LogP contribution in [0.2, 0.25) is 0 Å². The first kappa shape index (κ1) is 13.5. The Morgan fingerprint density at radius 2 is 2.05 bits per heavy atom. The highest BCUT2D eigenvalue weighted by Crippen LogP contribution is 2.20. The number of hydrogen-bond donors (Lipinski definition) is 1. The molecule has 0 bridgehead atoms. The van der Waals surface area contributed by atoms with Crippen molar-refractivity contribution in [3.8, 4) is 17.0 Å². The summed E-state index contributed by atoms with van der Waals surface area (Å²) in [5, 5.41) is 17.7. The third-order valence-electron chi connectivity index (χ3n) is 3.22. The molecule has 0 aliphatic carbocycles. The predicted molar refractivity (Wildman–Crippen MR) is 74.9 cm³/mol. The number of phenols is 1. The van der Waals surface area contributed by atoms with Gasteiger partial charge < -0.3 is 10.0 Å². The van der Waals surface area contributed by atoms with Gasteiger partial charge in [0, 0.05) is 12.1 Å². The molecule has 0 fully saturated rings. The normalized spacial score (nSPS) is 11.1. The van der Waals surface area contributed by atoms with Crippen molar-refractivity contribution in [2.45, 2.75) is 20.4 Å². The minimum atomic E-state index is 0.246. The van der Waals surface area contributed by atoms with Crippen molar-refractivity contribution >= 4 is 0 Å². The van der Waals surface area contributed by atoms with Crippen molar-refractivity contribution in [3.63, 3.8) is 0 Å². The van der Waals surface area contributed by atoms with Crippen molar-refractivity contribution in [1.29, 1.82) is 0 Å². The molecular weight excluding hydrogens is 240 g/mol. The van der Waals surface area contributed by atoms with Gasteiger partial charge in [-0.1, -0.05) is 31.2 Å². The molecule has 0 atom stereocenters. The highest BCUT2D eigenvalue weighted by Gasteiger charge is 2.05. The number of likely N-dealkylation sites (N-methyl/N-ethyl adjacent to an activating group) is 1. The van der Waals surface area contributed by atoms with Crippen LogP contribution in [0.15, 0.2) is 30.5 Å². The SMILES string of the molecule is CCN(CC)CCn1cc(-c2cccc(O)c2)nn1. The molecule has 5 heteroatoms. The average molecular weight is 260 g/mol. The zero-order valence-electron chi connectivity index (χ0n) is 11.5. The topological polar surface area (TPSA) is 54.2 Å². The van der Waals surface area contributed by atoms with Gasteiger partial charge in [0.2, 0.25) is 0 Å². The third kappa shape index (κ3) is 3.54. The van der Waals surface area contributed by atoms with E-state index in [4.69, 9.17) is 0 Å². The molecule has 0 amide bonds. The molecular formula is C14H20N4O. The molecule has 0 spiro atoms. The predicted octanol–water partition coefficient (Wildman–Crippen LogP) is 1.99. The summed E-state index contributed by atoms with van der Waals surface area (Å²) in [6.07, 6.45) is 1.91. The van der Waals surface area contributed by atoms with E-state index < -0.39 is 0 Å². The fourth-order valence-electron chi connectivity index (χ4n) is 1.99. The molecule has 102 valence electrons. The Kier molecular flexibility index (Phi) is 4.52. The molecule has 1 N–H and O–H groups in total. The maximum Gasteiger partial charge on any atom is 0.116 e. The summed E-state index contributed by atoms with van der Waals surface area (Å²) >= 11 is 0. The van der Waals surface area contributed by atoms with Crippen LogP contribution in [0.5, 0.6) is 5.75 Å². The lowest BCUT2D eigenvalue weighted by molar-refractivity contribution is 0.284. The van der Waals surface area contributed by atoms with Crippen molar-refractivity contribution in [2.24, 2.45) is 0 Å². The van der Waals surface area contributed by atoms with Crippen LogP contribution in [0.25, 0.3) is 11.3 Å². The molecule has 2 rings (SSSR count). The minimum Gasteiger partial charge on any atom is -0.508 e. The molecule has 0 saturated carbocycles. The van der Waals surface area contributed by atoms with E-state index in [1.54, 1.807) is 18.2 Å². The van der Waals surface area contributed by atoms with Gasteiger partial charge in [-0.3, -0.25) is 4.68 Å². The molecule has 1 aromatic heterocycles. The summed E-state index contributed by atoms with van der Waals surface area (Å²) in [6.45, 7) is 8.20. The van der Waals surface area contributed by atoms with Crippen molar-refractivity contribution < 1.29 is 5.11 Å². The van der Waals surface area contributed by atoms with E-state index in [2.05, 4.69) is 29.1 Å². The van der Waals surface area contributed by atoms with Crippen LogP contribution in [-0.2, 0) is 6.54 Å². The Morgan fingerprint density at radius 3 is 2.74 bits per heavy atom. The highest BCUT2D eigenvalue weighted by molar-refractivity contribution is 5.59. The summed E-state index contributed by atoms with van der Waals surface area (Å²) in [5.74, 6) is 0.246. The lowest BCUT2D eigenvalue weighted by Gasteiger charge is -2.17. The lowest BCUT2D eigenvalue weighted by Crippen LogP contribution is -2.27. The fourth-order valence-corrected chi connectivity index (χ4v) is 1.99. The van der Waals surface area contributed by atoms with Crippen LogP contribution < -0.4 is 0 Å². The molecule has 1 heterocycles. The molecule has 2 aromatic rings. The third-order valence-corrected chi connectivity index (χ3v) is 3.22. The molecule has 1 aromatic carbocycles. The van der Waals surface area contributed by atoms with Gasteiger partial charge in [0.05, 0.1) is 12.7 Å². The Morgan fingerprint density at radius 1 is 1.26 bits per heavy atom. The van der Waals surface area contributed by atoms with Crippen LogP contribution in [0, 0.1) is 0 Å². The van der Waals surface area contributed by atoms with Crippen LogP contribution in [-0.4, -0.2) is 44.6 Å². The Bertz CT molecular complexity index is 520. The summed E-state index contributed by atoms with van der Waals surface area (Å²) < 4.78 is 1.84. The van der Waals surface area contributed by atoms with E-state index in [0.29, 0.717) is 0 Å². The van der Waals surface area contributed by atoms with Gasteiger partial charge in [0.15, 0.2) is 0 Å². The highest BCUT2D eigenvalue weighted by atomic mass is 16.3. The maximum atomic E-state index is 9.46. The van der Waals surface area contributed by atoms with E-state index in [1.807, 2.05) is 16.9 Å². The zero-order valence-corrected chi connectivity index (χ0v) is 11.5. The van der Waals surface area contributed by atoms with Gasteiger partial charge in [-0.2, -0.15) is 0 Å². The average Bonchev–Trinajstić information content (AvgIpc) is 2.89. The largest absolute Gasteiger partial charge is 0.508 e. The number of rotatable bonds is 6. The second kappa shape index (κ2) is 6.33. The fraction of sp³-hybridized carbons (Fsp3) is 0.429. The number of benzene rings is 1. The monoisotopic (exact) mass is 260 g/mol. The molecule has 5 nitrogen and oxygen atoms in total. The van der Waals surface area contributed by atoms with E-state index in [0.717, 1.165) is 37.4 Å². The number of phenolic OH excluding ortho intramolecular Hbond substituents is 1. The van der Waals surface area contributed by atoms with E-state index in [-0.39, 0.29) is 5.75 Å². The van der Waals surface area contributed by atoms with Crippen LogP contribution in [0.3, 0.4) is 0 Å². The number of nitrogens with zero attached hydrogens (tertiary/aromatic N) is 4. The smallest absolute Gasteiger partial charge is 0.116 e. The number of hydrogen-bond acceptors (Lipinski definition) is 4. The Balaban J connectivity index is 2.03. The standard InChI is InChI=1S/C14H20N4O/c1-3-17(4-2)8-9-18-11-14(15-16-18)12-6-5-7-13(19)10-12/h5-7,10-11,19H,3-4,8-9H2,1-2H3. The Hall–Kier alpha value is -1.88. The molecule has 0 aliphatic rings. The summed E-state index contributed by atoms with van der Waals surface area (Å²) in [5.41, 5.74) is 1.67. The number of aromatic hydroxyl groups is 1. The second-order valence-electron chi connectivity index (χ2n) is 4.44. The van der Waals surface area contributed by atoms with Crippen LogP contribution in [0.1, 0.15) is 13.8 Å². The first-order valence-corrected chi connectivity index (χ1v) is 6.64. The van der Waals surface area contributed by atoms with Crippen LogP contribution in [0.4, 0.5) is 0 Å². The summed E-state index contributed by atoms with van der Waals surface area (Å²) in [4.78, 5) is 2.34. The van der Waals surface area contributed by atoms with Gasteiger partial charge in [-0.05, 0) is 25.2 Å². The minimum absolute atomic E-state index is 0.246. The van der Waals surface area contributed by atoms with Crippen molar-refractivity contribution in [2.75, 3.05) is 19.6 Å². The quantitative estimate of drug-likeness (QED) is 0.863. The maximum absolute atomic E-state index is 9.46. The van der Waals surface area contributed by atoms with Gasteiger partial charge in [0.1, 0.15) is 11.4 Å². The second-order valence-corrected chi connectivity index (χ2v) is 4.44. The van der Waals surface area contributed by atoms with E-state index in [9.17, 15) is 5.11 Å². The summed E-state index contributed by atoms with van der Waals surface area (Å²) in [6, 6.07) is 7.06. The lowest BCUT2D eigenvalue weighted by atomic mass is 10.1. The van der Waals surface area contributed by atoms with Gasteiger partial charge in [-0.25, -0.2) is 0 Å². The molecule has 19 heavy (non-hydrogen) atoms. The molecule has 0 unspecified atom stereocenters. The van der Waals surface area contributed by atoms with Crippen LogP contribution >= 0.6 is 0 Å². The first-order valence-electron chi connectivity index (χ1n) is 6.64. The Labute approximate surface area is 113 Å². The molecule has 0 saturated heterocycles. The van der Waals surface area contributed by atoms with Gasteiger partial charge in [0.25, 0.3) is 0 Å². The summed E-state index contributed by atoms with van der Waals surface area (Å²) in [7, 11) is 0. The van der Waals surface area contributed by atoms with E-state index >= 15 is 0 Å². The molecule has 0 aliphatic heterocycles. The van der Waals surface area contributed by atoms with Gasteiger partial charge in [-0.15, -0.1) is 5.10 Å². The van der Waals surface area contributed by atoms with Gasteiger partial charge >= 0.3 is 0 Å². The van der Waals surface area contributed by atoms with Crippen molar-refractivity contribution in [1.82, 2.24) is 19.9 Å². The zero-order chi connectivity index (χ0) is 13.7. The van der Waals surface area contributed by atoms with E-state index in [1.165, 1.54) is 0 Å². The van der Waals surface area contributed by atoms with Crippen molar-refractivity contribution in [3.05, 3.63) is 30.5 Å². The first-order chi connectivity index (χ1) is 9.22. The number of aromatic nitrogens is 3. The molecule has 0 radical (unpaired) electrons.